The second kappa shape index (κ2) is 19.6. The van der Waals surface area contributed by atoms with Crippen molar-refractivity contribution in [1.29, 1.82) is 0 Å². The Bertz CT molecular complexity index is 2390. The van der Waals surface area contributed by atoms with Gasteiger partial charge in [-0.05, 0) is 112 Å². The van der Waals surface area contributed by atoms with Crippen LogP contribution in [0, 0.1) is 26.7 Å². The van der Waals surface area contributed by atoms with Crippen molar-refractivity contribution in [2.75, 3.05) is 63.9 Å². The van der Waals surface area contributed by atoms with E-state index in [0.717, 1.165) is 97.3 Å². The van der Waals surface area contributed by atoms with Crippen molar-refractivity contribution in [1.82, 2.24) is 24.6 Å². The average molecular weight is 860 g/mol. The molecule has 8 rings (SSSR count). The van der Waals surface area contributed by atoms with Crippen molar-refractivity contribution in [2.45, 2.75) is 78.9 Å². The maximum Gasteiger partial charge on any atom is 0.328 e. The molecule has 3 aromatic carbocycles. The van der Waals surface area contributed by atoms with Gasteiger partial charge in [0.2, 0.25) is 5.91 Å². The van der Waals surface area contributed by atoms with E-state index in [9.17, 15) is 19.5 Å². The first-order chi connectivity index (χ1) is 30.4. The molecule has 4 saturated heterocycles. The normalized spacial score (nSPS) is 19.5. The zero-order valence-corrected chi connectivity index (χ0v) is 37.5. The molecule has 4 aliphatic rings. The van der Waals surface area contributed by atoms with Crippen LogP contribution in [0.2, 0.25) is 0 Å². The number of urea groups is 1. The van der Waals surface area contributed by atoms with Crippen LogP contribution in [0.3, 0.4) is 0 Å². The van der Waals surface area contributed by atoms with Gasteiger partial charge >= 0.3 is 6.03 Å². The van der Waals surface area contributed by atoms with E-state index in [0.29, 0.717) is 61.6 Å². The van der Waals surface area contributed by atoms with Crippen molar-refractivity contribution in [2.24, 2.45) is 23.1 Å². The predicted octanol–water partition coefficient (Wildman–Crippen LogP) is 6.39. The minimum atomic E-state index is -0.359. The van der Waals surface area contributed by atoms with Crippen molar-refractivity contribution >= 4 is 40.1 Å². The zero-order valence-electron chi connectivity index (χ0n) is 37.5. The van der Waals surface area contributed by atoms with Gasteiger partial charge in [-0.3, -0.25) is 19.8 Å². The van der Waals surface area contributed by atoms with Gasteiger partial charge in [-0.2, -0.15) is 0 Å². The van der Waals surface area contributed by atoms with Gasteiger partial charge in [-0.15, -0.1) is 0 Å². The third kappa shape index (κ3) is 9.67. The Hall–Kier alpha value is -5.99. The van der Waals surface area contributed by atoms with Crippen LogP contribution in [0.4, 0.5) is 10.5 Å². The standard InChI is InChI=1S/C47H59N9O5.C2H6/c1-29-24-36(30(2)23-35(29)43-28-54(21-22-61-43)41(45(49)50)26-38(48)34-7-4-5-10-42(34)57)46(59)53-18-11-32(12-19-53)27-52-16-13-33(14-17-52)56-31(3)25-37-39(8-6-9-40(37)56)55-20-15-44(58)51-47(55)60;1-2/h4-10,23-26,32-33,43,57H,11-22,27-28,48-50H2,1-3H3,(H,51,58,60);1-2H3/b38-26-;. The molecule has 4 fully saturated rings. The maximum absolute atomic E-state index is 14.0. The zero-order chi connectivity index (χ0) is 44.9. The van der Waals surface area contributed by atoms with Crippen LogP contribution in [0.25, 0.3) is 16.6 Å². The van der Waals surface area contributed by atoms with Gasteiger partial charge in [0.1, 0.15) is 17.7 Å². The minimum absolute atomic E-state index is 0.0755. The molecule has 4 aromatic rings. The van der Waals surface area contributed by atoms with Crippen molar-refractivity contribution in [3.63, 3.8) is 0 Å². The number of likely N-dealkylation sites (tertiary alicyclic amines) is 2. The van der Waals surface area contributed by atoms with Gasteiger partial charge in [-0.1, -0.05) is 38.1 Å². The fraction of sp³-hybridized carbons (Fsp3) is 0.449. The number of amides is 4. The molecule has 0 radical (unpaired) electrons. The Morgan fingerprint density at radius 1 is 0.841 bits per heavy atom. The lowest BCUT2D eigenvalue weighted by Gasteiger charge is -2.38. The number of aromatic hydroxyl groups is 1. The number of phenolic OH excluding ortho intramolecular Hbond substituents is 1. The van der Waals surface area contributed by atoms with Crippen molar-refractivity contribution in [3.8, 4) is 5.75 Å². The van der Waals surface area contributed by atoms with Gasteiger partial charge < -0.3 is 46.3 Å². The third-order valence-electron chi connectivity index (χ3n) is 13.1. The summed E-state index contributed by atoms with van der Waals surface area (Å²) in [5, 5.41) is 13.8. The molecule has 8 N–H and O–H groups in total. The van der Waals surface area contributed by atoms with Gasteiger partial charge in [0.15, 0.2) is 0 Å². The molecule has 14 nitrogen and oxygen atoms in total. The second-order valence-corrected chi connectivity index (χ2v) is 17.2. The number of para-hydroxylation sites is 1. The number of nitrogens with two attached hydrogens (primary N) is 3. The molecule has 4 aliphatic heterocycles. The fourth-order valence-corrected chi connectivity index (χ4v) is 9.87. The SMILES string of the molecule is CC.Cc1cc(C2CN(C(/C=C(\N)c3ccccc3O)=C(N)N)CCO2)c(C)cc1C(=O)N1CCC(CN2CCC(n3c(C)cc4c(N5CCC(=O)NC5=O)cccc43)CC2)CC1. The van der Waals surface area contributed by atoms with E-state index in [4.69, 9.17) is 21.9 Å². The average Bonchev–Trinajstić information content (AvgIpc) is 3.63. The molecular formula is C49H65N9O5. The first-order valence-electron chi connectivity index (χ1n) is 22.6. The summed E-state index contributed by atoms with van der Waals surface area (Å²) in [5.41, 5.74) is 27.0. The van der Waals surface area contributed by atoms with Gasteiger partial charge in [0, 0.05) is 92.7 Å². The fourth-order valence-electron chi connectivity index (χ4n) is 9.87. The number of carbonyl (C=O) groups is 3. The van der Waals surface area contributed by atoms with Crippen LogP contribution in [-0.2, 0) is 9.53 Å². The number of nitrogens with zero attached hydrogens (tertiary/aromatic N) is 5. The highest BCUT2D eigenvalue weighted by Gasteiger charge is 2.32. The van der Waals surface area contributed by atoms with Crippen LogP contribution >= 0.6 is 0 Å². The molecule has 4 amide bonds. The number of carbonyl (C=O) groups excluding carboxylic acids is 3. The summed E-state index contributed by atoms with van der Waals surface area (Å²) >= 11 is 0. The molecule has 1 atom stereocenters. The summed E-state index contributed by atoms with van der Waals surface area (Å²) in [6.07, 6.45) is 5.79. The topological polar surface area (TPSA) is 189 Å². The number of aryl methyl sites for hydroxylation is 3. The summed E-state index contributed by atoms with van der Waals surface area (Å²) in [6.45, 7) is 16.6. The lowest BCUT2D eigenvalue weighted by atomic mass is 9.92. The number of nitrogens with one attached hydrogen (secondary N) is 1. The number of piperidine rings is 2. The highest BCUT2D eigenvalue weighted by atomic mass is 16.5. The summed E-state index contributed by atoms with van der Waals surface area (Å²) in [4.78, 5) is 46.8. The Balaban J connectivity index is 0.00000293. The Kier molecular flexibility index (Phi) is 14.0. The first-order valence-corrected chi connectivity index (χ1v) is 22.6. The lowest BCUT2D eigenvalue weighted by molar-refractivity contribution is -0.120. The quantitative estimate of drug-likeness (QED) is 0.118. The van der Waals surface area contributed by atoms with E-state index in [1.54, 1.807) is 35.2 Å². The van der Waals surface area contributed by atoms with E-state index >= 15 is 0 Å². The first kappa shape index (κ1) is 45.0. The summed E-state index contributed by atoms with van der Waals surface area (Å²) < 4.78 is 8.72. The van der Waals surface area contributed by atoms with Crippen LogP contribution < -0.4 is 27.4 Å². The van der Waals surface area contributed by atoms with Crippen molar-refractivity contribution in [3.05, 3.63) is 112 Å². The lowest BCUT2D eigenvalue weighted by Crippen LogP contribution is -2.49. The molecule has 14 heteroatoms. The molecule has 0 aliphatic carbocycles. The van der Waals surface area contributed by atoms with Crippen molar-refractivity contribution < 1.29 is 24.2 Å². The minimum Gasteiger partial charge on any atom is -0.507 e. The van der Waals surface area contributed by atoms with E-state index in [2.05, 4.69) is 44.8 Å². The number of allylic oxidation sites excluding steroid dienone is 1. The monoisotopic (exact) mass is 860 g/mol. The largest absolute Gasteiger partial charge is 0.507 e. The second-order valence-electron chi connectivity index (χ2n) is 17.2. The molecule has 0 spiro atoms. The van der Waals surface area contributed by atoms with E-state index in [-0.39, 0.29) is 35.5 Å². The molecule has 0 bridgehead atoms. The Morgan fingerprint density at radius 2 is 1.57 bits per heavy atom. The van der Waals surface area contributed by atoms with Gasteiger partial charge in [0.05, 0.1) is 23.5 Å². The molecule has 336 valence electrons. The number of hydrogen-bond acceptors (Lipinski definition) is 10. The van der Waals surface area contributed by atoms with Crippen LogP contribution in [0.15, 0.2) is 78.3 Å². The summed E-state index contributed by atoms with van der Waals surface area (Å²) in [5.74, 6) is 0.595. The van der Waals surface area contributed by atoms with E-state index < -0.39 is 0 Å². The number of rotatable bonds is 9. The Morgan fingerprint density at radius 3 is 2.27 bits per heavy atom. The number of morpholine rings is 1. The molecule has 63 heavy (non-hydrogen) atoms. The number of ether oxygens (including phenoxy) is 1. The molecular weight excluding hydrogens is 795 g/mol. The smallest absolute Gasteiger partial charge is 0.328 e. The van der Waals surface area contributed by atoms with Crippen LogP contribution in [0.5, 0.6) is 5.75 Å². The molecule has 0 saturated carbocycles. The third-order valence-corrected chi connectivity index (χ3v) is 13.1. The predicted molar refractivity (Wildman–Crippen MR) is 249 cm³/mol. The number of imide groups is 1. The van der Waals surface area contributed by atoms with Crippen LogP contribution in [0.1, 0.15) is 96.4 Å². The molecule has 1 unspecified atom stereocenters. The Labute approximate surface area is 371 Å². The summed E-state index contributed by atoms with van der Waals surface area (Å²) in [6, 6.07) is 19.3. The van der Waals surface area contributed by atoms with Gasteiger partial charge in [-0.25, -0.2) is 4.79 Å². The number of phenols is 1. The number of fused-ring (bicyclic) bond motifs is 1. The number of benzene rings is 3. The maximum atomic E-state index is 14.0. The number of aromatic nitrogens is 1. The number of anilines is 1. The van der Waals surface area contributed by atoms with Crippen LogP contribution in [-0.4, -0.2) is 101 Å². The number of hydrogen-bond donors (Lipinski definition) is 5. The van der Waals surface area contributed by atoms with E-state index in [1.807, 2.05) is 50.8 Å². The molecule has 5 heterocycles. The van der Waals surface area contributed by atoms with Gasteiger partial charge in [0.25, 0.3) is 5.91 Å². The highest BCUT2D eigenvalue weighted by Crippen LogP contribution is 2.37. The van der Waals surface area contributed by atoms with E-state index in [1.165, 1.54) is 5.69 Å². The highest BCUT2D eigenvalue weighted by molar-refractivity contribution is 6.09. The summed E-state index contributed by atoms with van der Waals surface area (Å²) in [7, 11) is 0. The molecule has 1 aromatic heterocycles.